The molecule has 2 aromatic rings. The first-order valence-corrected chi connectivity index (χ1v) is 12.1. The van der Waals surface area contributed by atoms with E-state index >= 15 is 0 Å². The second kappa shape index (κ2) is 9.26. The van der Waals surface area contributed by atoms with Gasteiger partial charge in [0.05, 0.1) is 17.0 Å². The quantitative estimate of drug-likeness (QED) is 0.697. The largest absolute Gasteiger partial charge is 0.416 e. The molecule has 0 saturated carbocycles. The Labute approximate surface area is 195 Å². The fourth-order valence-corrected chi connectivity index (χ4v) is 5.37. The summed E-state index contributed by atoms with van der Waals surface area (Å²) < 4.78 is 65.5. The zero-order valence-electron chi connectivity index (χ0n) is 18.1. The molecule has 0 unspecified atom stereocenters. The maximum Gasteiger partial charge on any atom is 0.416 e. The molecule has 2 saturated heterocycles. The summed E-state index contributed by atoms with van der Waals surface area (Å²) in [6.07, 6.45) is -4.42. The number of hydrogen-bond donors (Lipinski definition) is 1. The third kappa shape index (κ3) is 5.02. The van der Waals surface area contributed by atoms with Crippen molar-refractivity contribution in [1.82, 2.24) is 14.5 Å². The number of benzene rings is 2. The molecule has 4 rings (SSSR count). The van der Waals surface area contributed by atoms with Crippen molar-refractivity contribution in [2.24, 2.45) is 0 Å². The van der Waals surface area contributed by atoms with Crippen molar-refractivity contribution in [3.63, 3.8) is 0 Å². The maximum absolute atomic E-state index is 13.0. The molecule has 1 N–H and O–H groups in total. The van der Waals surface area contributed by atoms with Gasteiger partial charge in [0, 0.05) is 50.5 Å². The zero-order valence-corrected chi connectivity index (χ0v) is 18.9. The number of nitrogens with zero attached hydrogens (tertiary/aromatic N) is 3. The van der Waals surface area contributed by atoms with Crippen LogP contribution in [-0.2, 0) is 21.0 Å². The van der Waals surface area contributed by atoms with Crippen LogP contribution >= 0.6 is 0 Å². The van der Waals surface area contributed by atoms with Gasteiger partial charge in [0.1, 0.15) is 0 Å². The molecule has 0 aromatic heterocycles. The van der Waals surface area contributed by atoms with Gasteiger partial charge in [-0.1, -0.05) is 6.07 Å². The van der Waals surface area contributed by atoms with Crippen molar-refractivity contribution >= 4 is 27.5 Å². The first kappa shape index (κ1) is 24.0. The van der Waals surface area contributed by atoms with Crippen LogP contribution in [0.3, 0.4) is 0 Å². The number of carbonyl (C=O) groups is 2. The lowest BCUT2D eigenvalue weighted by atomic mass is 10.1. The van der Waals surface area contributed by atoms with Gasteiger partial charge in [-0.3, -0.25) is 9.59 Å². The van der Waals surface area contributed by atoms with Crippen LogP contribution in [0.1, 0.15) is 15.9 Å². The van der Waals surface area contributed by atoms with Gasteiger partial charge in [-0.15, -0.1) is 0 Å². The number of anilines is 1. The van der Waals surface area contributed by atoms with E-state index in [1.807, 2.05) is 0 Å². The molecule has 0 spiro atoms. The van der Waals surface area contributed by atoms with Crippen molar-refractivity contribution in [3.05, 3.63) is 59.7 Å². The number of halogens is 3. The minimum absolute atomic E-state index is 0.00637. The predicted molar refractivity (Wildman–Crippen MR) is 118 cm³/mol. The smallest absolute Gasteiger partial charge is 0.368 e. The van der Waals surface area contributed by atoms with Crippen LogP contribution < -0.4 is 10.2 Å². The summed E-state index contributed by atoms with van der Waals surface area (Å²) in [5, 5.41) is 2.57. The Morgan fingerprint density at radius 3 is 2.24 bits per heavy atom. The Bertz CT molecular complexity index is 1180. The Morgan fingerprint density at radius 1 is 0.941 bits per heavy atom. The predicted octanol–water partition coefficient (Wildman–Crippen LogP) is 1.79. The van der Waals surface area contributed by atoms with Crippen molar-refractivity contribution in [1.29, 1.82) is 0 Å². The number of piperazine rings is 2. The molecule has 2 aliphatic rings. The summed E-state index contributed by atoms with van der Waals surface area (Å²) in [5.74, 6) is -0.657. The highest BCUT2D eigenvalue weighted by Crippen LogP contribution is 2.32. The summed E-state index contributed by atoms with van der Waals surface area (Å²) in [4.78, 5) is 27.8. The fraction of sp³-hybridized carbons (Fsp3) is 0.364. The molecule has 2 amide bonds. The fourth-order valence-electron chi connectivity index (χ4n) is 3.97. The van der Waals surface area contributed by atoms with E-state index < -0.39 is 21.8 Å². The third-order valence-electron chi connectivity index (χ3n) is 5.85. The number of carbonyl (C=O) groups excluding carboxylic acids is 2. The maximum atomic E-state index is 13.0. The van der Waals surface area contributed by atoms with Gasteiger partial charge in [0.15, 0.2) is 0 Å². The molecular formula is C22H23F3N4O4S. The van der Waals surface area contributed by atoms with E-state index in [1.165, 1.54) is 30.3 Å². The molecule has 2 aliphatic heterocycles. The van der Waals surface area contributed by atoms with E-state index in [9.17, 15) is 31.2 Å². The van der Waals surface area contributed by atoms with E-state index in [1.54, 1.807) is 15.9 Å². The summed E-state index contributed by atoms with van der Waals surface area (Å²) in [6.45, 7) is 1.54. The topological polar surface area (TPSA) is 90.0 Å². The van der Waals surface area contributed by atoms with Crippen LogP contribution in [0.4, 0.5) is 18.9 Å². The molecule has 0 radical (unpaired) electrons. The molecule has 8 nitrogen and oxygen atoms in total. The van der Waals surface area contributed by atoms with Gasteiger partial charge in [-0.25, -0.2) is 8.42 Å². The van der Waals surface area contributed by atoms with Gasteiger partial charge in [-0.05, 0) is 42.5 Å². The summed E-state index contributed by atoms with van der Waals surface area (Å²) in [7, 11) is -3.85. The van der Waals surface area contributed by atoms with Gasteiger partial charge in [-0.2, -0.15) is 17.5 Å². The lowest BCUT2D eigenvalue weighted by molar-refractivity contribution is -0.137. The molecule has 2 heterocycles. The van der Waals surface area contributed by atoms with E-state index in [4.69, 9.17) is 0 Å². The number of amides is 2. The van der Waals surface area contributed by atoms with Gasteiger partial charge in [0.2, 0.25) is 15.9 Å². The standard InChI is InChI=1S/C22H23F3N4O4S/c23-22(24,25)17-2-1-3-18(14-17)27-10-12-28(13-11-27)21(31)16-4-6-19(7-5-16)34(32,33)29-9-8-26-20(30)15-29/h1-7,14H,8-13,15H2,(H,26,30). The minimum Gasteiger partial charge on any atom is -0.368 e. The number of alkyl halides is 3. The number of sulfonamides is 1. The molecule has 2 aromatic carbocycles. The highest BCUT2D eigenvalue weighted by atomic mass is 32.2. The second-order valence-electron chi connectivity index (χ2n) is 8.04. The summed E-state index contributed by atoms with van der Waals surface area (Å²) >= 11 is 0. The number of nitrogens with one attached hydrogen (secondary N) is 1. The third-order valence-corrected chi connectivity index (χ3v) is 7.71. The normalized spacial score (nSPS) is 18.0. The van der Waals surface area contributed by atoms with Crippen LogP contribution in [0.5, 0.6) is 0 Å². The molecule has 0 aliphatic carbocycles. The van der Waals surface area contributed by atoms with Crippen molar-refractivity contribution in [2.45, 2.75) is 11.1 Å². The highest BCUT2D eigenvalue weighted by Gasteiger charge is 2.32. The molecular weight excluding hydrogens is 473 g/mol. The minimum atomic E-state index is -4.42. The average Bonchev–Trinajstić information content (AvgIpc) is 2.83. The first-order chi connectivity index (χ1) is 16.1. The van der Waals surface area contributed by atoms with Crippen LogP contribution in [-0.4, -0.2) is 75.3 Å². The molecule has 0 bridgehead atoms. The Kier molecular flexibility index (Phi) is 6.54. The first-order valence-electron chi connectivity index (χ1n) is 10.6. The number of rotatable bonds is 4. The van der Waals surface area contributed by atoms with E-state index in [-0.39, 0.29) is 36.3 Å². The Balaban J connectivity index is 1.39. The van der Waals surface area contributed by atoms with Gasteiger partial charge in [0.25, 0.3) is 5.91 Å². The van der Waals surface area contributed by atoms with E-state index in [2.05, 4.69) is 5.32 Å². The molecule has 34 heavy (non-hydrogen) atoms. The van der Waals surface area contributed by atoms with Gasteiger partial charge < -0.3 is 15.1 Å². The van der Waals surface area contributed by atoms with Crippen molar-refractivity contribution in [2.75, 3.05) is 50.7 Å². The van der Waals surface area contributed by atoms with E-state index in [0.717, 1.165) is 16.4 Å². The molecule has 12 heteroatoms. The van der Waals surface area contributed by atoms with Crippen LogP contribution in [0.2, 0.25) is 0 Å². The summed E-state index contributed by atoms with van der Waals surface area (Å²) in [5.41, 5.74) is 0.0365. The van der Waals surface area contributed by atoms with Crippen molar-refractivity contribution < 1.29 is 31.2 Å². The molecule has 182 valence electrons. The van der Waals surface area contributed by atoms with Crippen LogP contribution in [0.25, 0.3) is 0 Å². The number of hydrogen-bond acceptors (Lipinski definition) is 5. The van der Waals surface area contributed by atoms with Crippen LogP contribution in [0.15, 0.2) is 53.4 Å². The Morgan fingerprint density at radius 2 is 1.62 bits per heavy atom. The van der Waals surface area contributed by atoms with E-state index in [0.29, 0.717) is 37.4 Å². The SMILES string of the molecule is O=C1CN(S(=O)(=O)c2ccc(C(=O)N3CCN(c4cccc(C(F)(F)F)c4)CC3)cc2)CCN1. The van der Waals surface area contributed by atoms with Gasteiger partial charge >= 0.3 is 6.18 Å². The lowest BCUT2D eigenvalue weighted by Crippen LogP contribution is -2.49. The monoisotopic (exact) mass is 496 g/mol. The Hall–Kier alpha value is -3.12. The second-order valence-corrected chi connectivity index (χ2v) is 9.98. The zero-order chi connectivity index (χ0) is 24.5. The molecule has 2 fully saturated rings. The lowest BCUT2D eigenvalue weighted by Gasteiger charge is -2.36. The molecule has 0 atom stereocenters. The van der Waals surface area contributed by atoms with Crippen molar-refractivity contribution in [3.8, 4) is 0 Å². The summed E-state index contributed by atoms with van der Waals surface area (Å²) in [6, 6.07) is 10.6. The highest BCUT2D eigenvalue weighted by molar-refractivity contribution is 7.89. The van der Waals surface area contributed by atoms with Crippen LogP contribution in [0, 0.1) is 0 Å². The average molecular weight is 497 g/mol.